The van der Waals surface area contributed by atoms with Gasteiger partial charge in [-0.05, 0) is 0 Å². The summed E-state index contributed by atoms with van der Waals surface area (Å²) in [4.78, 5) is 12.7. The first-order chi connectivity index (χ1) is 6.79. The Hall–Kier alpha value is -1.21. The highest BCUT2D eigenvalue weighted by molar-refractivity contribution is 6.99. The fourth-order valence-electron chi connectivity index (χ4n) is 1.40. The minimum absolute atomic E-state index is 0.0666. The fourth-order valence-corrected chi connectivity index (χ4v) is 1.96. The van der Waals surface area contributed by atoms with Crippen LogP contribution in [0, 0.1) is 0 Å². The van der Waals surface area contributed by atoms with E-state index < -0.39 is 5.97 Å². The quantitative estimate of drug-likeness (QED) is 0.700. The van der Waals surface area contributed by atoms with E-state index in [9.17, 15) is 4.79 Å². The standard InChI is InChI=1S/C7H10N4O2S/c12-7(13)5-6(10-14-9-5)11-3-1-8-2-4-11/h8H,1-4H2,(H,12,13). The smallest absolute Gasteiger partial charge is 0.359 e. The van der Waals surface area contributed by atoms with Gasteiger partial charge in [0, 0.05) is 26.2 Å². The van der Waals surface area contributed by atoms with Crippen LogP contribution in [0.1, 0.15) is 10.5 Å². The van der Waals surface area contributed by atoms with Gasteiger partial charge in [0.2, 0.25) is 5.69 Å². The summed E-state index contributed by atoms with van der Waals surface area (Å²) in [7, 11) is 0. The van der Waals surface area contributed by atoms with Gasteiger partial charge < -0.3 is 15.3 Å². The third kappa shape index (κ3) is 1.68. The first-order valence-corrected chi connectivity index (χ1v) is 5.03. The molecule has 2 heterocycles. The van der Waals surface area contributed by atoms with Crippen molar-refractivity contribution >= 4 is 23.5 Å². The number of aromatic nitrogens is 2. The molecule has 0 spiro atoms. The molecule has 0 atom stereocenters. The maximum Gasteiger partial charge on any atom is 0.359 e. The van der Waals surface area contributed by atoms with Gasteiger partial charge in [-0.1, -0.05) is 0 Å². The van der Waals surface area contributed by atoms with Gasteiger partial charge in [0.15, 0.2) is 5.82 Å². The molecule has 2 rings (SSSR count). The molecule has 1 aromatic heterocycles. The second kappa shape index (κ2) is 3.89. The van der Waals surface area contributed by atoms with Gasteiger partial charge in [0.1, 0.15) is 0 Å². The number of carbonyl (C=O) groups is 1. The van der Waals surface area contributed by atoms with E-state index in [0.29, 0.717) is 5.82 Å². The Morgan fingerprint density at radius 3 is 2.79 bits per heavy atom. The minimum atomic E-state index is -1.01. The molecule has 0 bridgehead atoms. The number of anilines is 1. The van der Waals surface area contributed by atoms with E-state index in [1.807, 2.05) is 4.90 Å². The van der Waals surface area contributed by atoms with Crippen molar-refractivity contribution < 1.29 is 9.90 Å². The third-order valence-electron chi connectivity index (χ3n) is 2.09. The first-order valence-electron chi connectivity index (χ1n) is 4.30. The van der Waals surface area contributed by atoms with Crippen LogP contribution in [0.5, 0.6) is 0 Å². The van der Waals surface area contributed by atoms with Crippen molar-refractivity contribution in [3.63, 3.8) is 0 Å². The van der Waals surface area contributed by atoms with Crippen LogP contribution in [0.25, 0.3) is 0 Å². The lowest BCUT2D eigenvalue weighted by Gasteiger charge is -2.27. The van der Waals surface area contributed by atoms with Gasteiger partial charge in [-0.2, -0.15) is 8.75 Å². The van der Waals surface area contributed by atoms with Gasteiger partial charge >= 0.3 is 5.97 Å². The predicted molar refractivity (Wildman–Crippen MR) is 52.0 cm³/mol. The number of piperazine rings is 1. The molecule has 14 heavy (non-hydrogen) atoms. The average Bonchev–Trinajstić information content (AvgIpc) is 2.67. The van der Waals surface area contributed by atoms with E-state index in [1.54, 1.807) is 0 Å². The zero-order valence-electron chi connectivity index (χ0n) is 7.43. The Bertz CT molecular complexity index is 334. The summed E-state index contributed by atoms with van der Waals surface area (Å²) in [5.41, 5.74) is 0.0666. The van der Waals surface area contributed by atoms with E-state index >= 15 is 0 Å². The van der Waals surface area contributed by atoms with Gasteiger partial charge in [0.05, 0.1) is 11.7 Å². The monoisotopic (exact) mass is 214 g/mol. The van der Waals surface area contributed by atoms with Crippen LogP contribution >= 0.6 is 11.7 Å². The van der Waals surface area contributed by atoms with Crippen LogP contribution in [-0.2, 0) is 0 Å². The van der Waals surface area contributed by atoms with Crippen LogP contribution < -0.4 is 10.2 Å². The van der Waals surface area contributed by atoms with Crippen molar-refractivity contribution in [1.82, 2.24) is 14.1 Å². The van der Waals surface area contributed by atoms with E-state index in [4.69, 9.17) is 5.11 Å². The number of nitrogens with one attached hydrogen (secondary N) is 1. The first kappa shape index (κ1) is 9.35. The predicted octanol–water partition coefficient (Wildman–Crippen LogP) is -0.354. The molecular formula is C7H10N4O2S. The van der Waals surface area contributed by atoms with Crippen LogP contribution in [-0.4, -0.2) is 46.0 Å². The number of carboxylic acid groups (broad SMARTS) is 1. The molecule has 2 N–H and O–H groups in total. The van der Waals surface area contributed by atoms with Crippen molar-refractivity contribution in [1.29, 1.82) is 0 Å². The molecule has 1 aliphatic heterocycles. The number of aromatic carboxylic acids is 1. The zero-order chi connectivity index (χ0) is 9.97. The number of nitrogens with zero attached hydrogens (tertiary/aromatic N) is 3. The van der Waals surface area contributed by atoms with E-state index in [1.165, 1.54) is 0 Å². The topological polar surface area (TPSA) is 78.3 Å². The Kier molecular flexibility index (Phi) is 2.60. The van der Waals surface area contributed by atoms with Crippen LogP contribution in [0.15, 0.2) is 0 Å². The molecular weight excluding hydrogens is 204 g/mol. The second-order valence-corrected chi connectivity index (χ2v) is 3.51. The largest absolute Gasteiger partial charge is 0.476 e. The molecule has 0 aromatic carbocycles. The average molecular weight is 214 g/mol. The summed E-state index contributed by atoms with van der Waals surface area (Å²) in [5, 5.41) is 12.0. The second-order valence-electron chi connectivity index (χ2n) is 2.98. The molecule has 1 aromatic rings. The number of carboxylic acids is 1. The van der Waals surface area contributed by atoms with Gasteiger partial charge in [-0.25, -0.2) is 4.79 Å². The normalized spacial score (nSPS) is 17.0. The van der Waals surface area contributed by atoms with Gasteiger partial charge in [-0.3, -0.25) is 0 Å². The Morgan fingerprint density at radius 2 is 2.14 bits per heavy atom. The van der Waals surface area contributed by atoms with Crippen LogP contribution in [0.2, 0.25) is 0 Å². The van der Waals surface area contributed by atoms with Crippen LogP contribution in [0.3, 0.4) is 0 Å². The van der Waals surface area contributed by atoms with Gasteiger partial charge in [-0.15, -0.1) is 0 Å². The van der Waals surface area contributed by atoms with Crippen molar-refractivity contribution in [3.05, 3.63) is 5.69 Å². The molecule has 0 radical (unpaired) electrons. The highest BCUT2D eigenvalue weighted by atomic mass is 32.1. The summed E-state index contributed by atoms with van der Waals surface area (Å²) >= 11 is 0.945. The van der Waals surface area contributed by atoms with Crippen molar-refractivity contribution in [2.24, 2.45) is 0 Å². The maximum absolute atomic E-state index is 10.8. The SMILES string of the molecule is O=C(O)c1nsnc1N1CCNCC1. The molecule has 0 amide bonds. The van der Waals surface area contributed by atoms with E-state index in [2.05, 4.69) is 14.1 Å². The van der Waals surface area contributed by atoms with E-state index in [-0.39, 0.29) is 5.69 Å². The Balaban J connectivity index is 2.21. The molecule has 1 fully saturated rings. The number of hydrogen-bond acceptors (Lipinski definition) is 6. The van der Waals surface area contributed by atoms with Crippen molar-refractivity contribution in [2.45, 2.75) is 0 Å². The molecule has 0 saturated carbocycles. The minimum Gasteiger partial charge on any atom is -0.476 e. The third-order valence-corrected chi connectivity index (χ3v) is 2.61. The van der Waals surface area contributed by atoms with Gasteiger partial charge in [0.25, 0.3) is 0 Å². The summed E-state index contributed by atoms with van der Waals surface area (Å²) < 4.78 is 7.77. The molecule has 6 nitrogen and oxygen atoms in total. The van der Waals surface area contributed by atoms with Crippen molar-refractivity contribution in [2.75, 3.05) is 31.1 Å². The highest BCUT2D eigenvalue weighted by Gasteiger charge is 2.21. The lowest BCUT2D eigenvalue weighted by atomic mass is 10.3. The molecule has 1 aliphatic rings. The lowest BCUT2D eigenvalue weighted by molar-refractivity contribution is 0.0692. The summed E-state index contributed by atoms with van der Waals surface area (Å²) in [5.74, 6) is -0.503. The summed E-state index contributed by atoms with van der Waals surface area (Å²) in [6.07, 6.45) is 0. The Labute approximate surface area is 84.9 Å². The molecule has 0 unspecified atom stereocenters. The fraction of sp³-hybridized carbons (Fsp3) is 0.571. The number of rotatable bonds is 2. The molecule has 76 valence electrons. The maximum atomic E-state index is 10.8. The van der Waals surface area contributed by atoms with E-state index in [0.717, 1.165) is 37.9 Å². The lowest BCUT2D eigenvalue weighted by Crippen LogP contribution is -2.44. The number of hydrogen-bond donors (Lipinski definition) is 2. The molecule has 1 saturated heterocycles. The van der Waals surface area contributed by atoms with Crippen molar-refractivity contribution in [3.8, 4) is 0 Å². The zero-order valence-corrected chi connectivity index (χ0v) is 8.25. The highest BCUT2D eigenvalue weighted by Crippen LogP contribution is 2.17. The summed E-state index contributed by atoms with van der Waals surface area (Å²) in [6.45, 7) is 3.28. The van der Waals surface area contributed by atoms with Crippen LogP contribution in [0.4, 0.5) is 5.82 Å². The molecule has 0 aliphatic carbocycles. The summed E-state index contributed by atoms with van der Waals surface area (Å²) in [6, 6.07) is 0. The Morgan fingerprint density at radius 1 is 1.43 bits per heavy atom. The molecule has 7 heteroatoms.